The van der Waals surface area contributed by atoms with E-state index in [0.29, 0.717) is 112 Å². The first-order valence-electron chi connectivity index (χ1n) is 40.5. The van der Waals surface area contributed by atoms with Crippen molar-refractivity contribution in [3.63, 3.8) is 0 Å². The minimum atomic E-state index is -3.24. The van der Waals surface area contributed by atoms with Crippen LogP contribution in [0.15, 0.2) is 73.4 Å². The number of alkyl halides is 8. The maximum Gasteiger partial charge on any atom is 0.270 e. The van der Waals surface area contributed by atoms with Gasteiger partial charge in [-0.1, -0.05) is 0 Å². The first-order valence-corrected chi connectivity index (χ1v) is 49.5. The molecule has 3 unspecified atom stereocenters. The van der Waals surface area contributed by atoms with Crippen LogP contribution in [0.2, 0.25) is 0 Å². The molecule has 37 nitrogen and oxygen atoms in total. The lowest BCUT2D eigenvalue weighted by molar-refractivity contribution is 0.00493. The van der Waals surface area contributed by atoms with E-state index in [0.717, 1.165) is 17.4 Å². The molecule has 0 amide bonds. The molecule has 127 heavy (non-hydrogen) atoms. The van der Waals surface area contributed by atoms with Gasteiger partial charge in [-0.2, -0.15) is 36.0 Å². The average Bonchev–Trinajstić information content (AvgIpc) is 1.70. The number of pyridine rings is 4. The number of halogens is 8. The van der Waals surface area contributed by atoms with Gasteiger partial charge < -0.3 is 21.7 Å². The second-order valence-corrected chi connectivity index (χ2v) is 42.1. The first-order chi connectivity index (χ1) is 59.5. The summed E-state index contributed by atoms with van der Waals surface area (Å²) in [5.74, 6) is -10.7. The molecule has 8 aromatic heterocycles. The van der Waals surface area contributed by atoms with Gasteiger partial charge in [-0.15, -0.1) is 0 Å². The maximum atomic E-state index is 13.8. The van der Waals surface area contributed by atoms with E-state index in [-0.39, 0.29) is 143 Å². The van der Waals surface area contributed by atoms with Gasteiger partial charge in [0.15, 0.2) is 0 Å². The molecule has 4 saturated heterocycles. The predicted molar refractivity (Wildman–Crippen MR) is 451 cm³/mol. The van der Waals surface area contributed by atoms with Gasteiger partial charge in [0, 0.05) is 205 Å². The van der Waals surface area contributed by atoms with Crippen LogP contribution in [-0.2, 0) is 50.9 Å². The molecule has 684 valence electrons. The highest BCUT2D eigenvalue weighted by Crippen LogP contribution is 2.46. The Morgan fingerprint density at radius 2 is 0.598 bits per heavy atom. The third kappa shape index (κ3) is 23.2. The van der Waals surface area contributed by atoms with Crippen LogP contribution in [0.4, 0.5) is 53.0 Å². The predicted octanol–water partition coefficient (Wildman–Crippen LogP) is 6.71. The summed E-state index contributed by atoms with van der Waals surface area (Å²) in [4.78, 5) is 84.9. The number of nitrogens with one attached hydrogen (secondary N) is 3. The van der Waals surface area contributed by atoms with Crippen LogP contribution in [0.5, 0.6) is 0 Å². The highest BCUT2D eigenvalue weighted by molar-refractivity contribution is 7.89. The maximum absolute atomic E-state index is 13.8. The Kier molecular flexibility index (Phi) is 28.8. The van der Waals surface area contributed by atoms with E-state index in [1.807, 2.05) is 18.2 Å². The molecule has 0 bridgehead atoms. The number of sulfonamides is 4. The summed E-state index contributed by atoms with van der Waals surface area (Å²) in [5, 5.41) is 48.1. The van der Waals surface area contributed by atoms with Crippen LogP contribution < -0.4 is 43.9 Å². The van der Waals surface area contributed by atoms with Crippen molar-refractivity contribution in [1.29, 1.82) is 21.0 Å². The molecular weight excluding hydrogens is 1780 g/mol. The summed E-state index contributed by atoms with van der Waals surface area (Å²) in [7, 11) is -14.2. The van der Waals surface area contributed by atoms with Gasteiger partial charge in [-0.3, -0.25) is 41.7 Å². The Balaban J connectivity index is 0.000000148. The normalized spacial score (nSPS) is 22.3. The topological polar surface area (TPSA) is 515 Å². The fraction of sp³-hybridized carbons (Fsp3) is 0.584. The number of piperidine rings is 4. The van der Waals surface area contributed by atoms with E-state index in [4.69, 9.17) is 11.0 Å². The summed E-state index contributed by atoms with van der Waals surface area (Å²) in [5.41, 5.74) is 3.24. The molecule has 4 aliphatic heterocycles. The minimum absolute atomic E-state index is 0.0140. The largest absolute Gasteiger partial charge is 0.351 e. The van der Waals surface area contributed by atoms with Crippen LogP contribution in [0.1, 0.15) is 175 Å². The third-order valence-corrected chi connectivity index (χ3v) is 29.4. The van der Waals surface area contributed by atoms with Crippen molar-refractivity contribution >= 4 is 113 Å². The summed E-state index contributed by atoms with van der Waals surface area (Å²) in [6.45, 7) is 3.40. The van der Waals surface area contributed by atoms with Crippen molar-refractivity contribution in [3.8, 4) is 24.3 Å². The Bertz CT molecular complexity index is 6040. The summed E-state index contributed by atoms with van der Waals surface area (Å²) in [6.07, 6.45) is 14.1. The third-order valence-electron chi connectivity index (χ3n) is 23.5. The van der Waals surface area contributed by atoms with Crippen LogP contribution in [0.3, 0.4) is 0 Å². The summed E-state index contributed by atoms with van der Waals surface area (Å²) >= 11 is 0. The number of anilines is 3. The molecule has 12 heterocycles. The molecule has 4 saturated carbocycles. The molecule has 0 radical (unpaired) electrons. The number of aromatic nitrogens is 12. The molecule has 8 aromatic rings. The number of nitrogens with zero attached hydrogens (tertiary/aromatic N) is 20. The number of rotatable bonds is 15. The van der Waals surface area contributed by atoms with Gasteiger partial charge in [0.1, 0.15) is 69.1 Å². The monoisotopic (exact) mass is 1870 g/mol. The van der Waals surface area contributed by atoms with Crippen molar-refractivity contribution in [1.82, 2.24) is 75.4 Å². The van der Waals surface area contributed by atoms with Crippen molar-refractivity contribution < 1.29 is 73.0 Å². The fourth-order valence-electron chi connectivity index (χ4n) is 16.8. The van der Waals surface area contributed by atoms with Gasteiger partial charge >= 0.3 is 0 Å². The van der Waals surface area contributed by atoms with Gasteiger partial charge in [-0.25, -0.2) is 111 Å². The number of hydrogen-bond acceptors (Lipinski definition) is 29. The van der Waals surface area contributed by atoms with E-state index in [9.17, 15) is 108 Å². The first kappa shape index (κ1) is 95.8. The van der Waals surface area contributed by atoms with Crippen LogP contribution in [0, 0.1) is 45.3 Å². The summed E-state index contributed by atoms with van der Waals surface area (Å²) in [6, 6.07) is 9.67. The fourth-order valence-corrected chi connectivity index (χ4v) is 20.7. The molecule has 50 heteroatoms. The quantitative estimate of drug-likeness (QED) is 0.0612. The standard InChI is InChI=1S/3C19H22F2N6O3S.C14H12F2N4O2S.C6H14N2O2S/c3*1-31(29,30)26-6-3-14(4-7-26)24-18-23-11-13-8-12(10-22)17(28)27(16(13)25-18)15-2-5-19(20,21)9-15;1-23(22)13-18-7-9-4-8(6-17)12(21)20(11(9)19-13)10-2-3-14(15,16)5-10;1-11(9,10)8-4-2-6(7)3-5-8/h3*8,11,14-15H,2-7,9H2,1H3,(H,23,24,25);4,7,10H,2-3,5H2,1H3;6H,2-5,7H2,1H3/t2*15-;;;/m10.../s1. The zero-order valence-corrected chi connectivity index (χ0v) is 73.5. The van der Waals surface area contributed by atoms with Crippen LogP contribution in [0.25, 0.3) is 44.1 Å². The van der Waals surface area contributed by atoms with Crippen molar-refractivity contribution in [2.45, 2.75) is 206 Å². The lowest BCUT2D eigenvalue weighted by Crippen LogP contribution is -2.42. The van der Waals surface area contributed by atoms with E-state index in [1.54, 1.807) is 6.07 Å². The molecule has 5 atom stereocenters. The van der Waals surface area contributed by atoms with Gasteiger partial charge in [-0.05, 0) is 101 Å². The lowest BCUT2D eigenvalue weighted by atomic mass is 10.1. The molecular formula is C77H92F8N24O13S5. The zero-order valence-electron chi connectivity index (χ0n) is 69.4. The van der Waals surface area contributed by atoms with E-state index in [2.05, 4.69) is 55.8 Å². The molecule has 0 aromatic carbocycles. The minimum Gasteiger partial charge on any atom is -0.351 e. The van der Waals surface area contributed by atoms with E-state index >= 15 is 0 Å². The van der Waals surface area contributed by atoms with Crippen molar-refractivity contribution in [2.75, 3.05) is 99.6 Å². The highest BCUT2D eigenvalue weighted by Gasteiger charge is 2.46. The Labute approximate surface area is 726 Å². The Hall–Kier alpha value is -10.3. The van der Waals surface area contributed by atoms with Crippen molar-refractivity contribution in [2.24, 2.45) is 5.73 Å². The number of hydrogen-bond donors (Lipinski definition) is 4. The van der Waals surface area contributed by atoms with Crippen LogP contribution in [-0.4, -0.2) is 245 Å². The Morgan fingerprint density at radius 3 is 0.803 bits per heavy atom. The number of fused-ring (bicyclic) bond motifs is 4. The second-order valence-electron chi connectivity index (χ2n) is 32.9. The molecule has 8 fully saturated rings. The van der Waals surface area contributed by atoms with E-state index < -0.39 is 147 Å². The van der Waals surface area contributed by atoms with Crippen LogP contribution >= 0.6 is 0 Å². The van der Waals surface area contributed by atoms with Gasteiger partial charge in [0.25, 0.3) is 22.2 Å². The molecule has 4 aliphatic carbocycles. The second kappa shape index (κ2) is 38.2. The molecule has 0 spiro atoms. The average molecular weight is 1870 g/mol. The smallest absolute Gasteiger partial charge is 0.270 e. The van der Waals surface area contributed by atoms with Crippen molar-refractivity contribution in [3.05, 3.63) is 113 Å². The summed E-state index contributed by atoms with van der Waals surface area (Å²) < 4.78 is 224. The highest BCUT2D eigenvalue weighted by atomic mass is 32.2. The van der Waals surface area contributed by atoms with Gasteiger partial charge in [0.05, 0.1) is 35.8 Å². The van der Waals surface area contributed by atoms with Gasteiger partial charge in [0.2, 0.25) is 86.8 Å². The SMILES string of the molecule is CS(=O)(=O)N1CCC(N)CC1.CS(=O)(=O)N1CCC(Nc2ncc3cc(C#N)c(=O)n(C4CCC(F)(F)C4)c3n2)CC1.CS(=O)(=O)N1CCC(Nc2ncc3cc(C#N)c(=O)n([C@@H]4CCC(F)(F)C4)c3n2)CC1.CS(=O)(=O)N1CCC(Nc2ncc3cc(C#N)c(=O)n([C@H]4CCC(F)(F)C4)c3n2)CC1.CS(=O)c1ncc2cc(C#N)c(=O)n(C3CCC(F)(F)C3)c2n1. The molecule has 5 N–H and O–H groups in total. The number of nitrogens with two attached hydrogens (primary N) is 1. The Morgan fingerprint density at radius 1 is 0.378 bits per heavy atom. The molecule has 16 rings (SSSR count). The zero-order chi connectivity index (χ0) is 92.4. The lowest BCUT2D eigenvalue weighted by Gasteiger charge is -2.30. The number of nitriles is 4. The molecule has 8 aliphatic rings. The van der Waals surface area contributed by atoms with E-state index in [1.165, 1.54) is 111 Å².